The van der Waals surface area contributed by atoms with Gasteiger partial charge in [-0.3, -0.25) is 0 Å². The molecule has 0 spiro atoms. The summed E-state index contributed by atoms with van der Waals surface area (Å²) in [6.07, 6.45) is 0.797. The minimum Gasteiger partial charge on any atom is -0.461 e. The van der Waals surface area contributed by atoms with Crippen molar-refractivity contribution < 1.29 is 9.53 Å². The third-order valence-electron chi connectivity index (χ3n) is 1.35. The van der Waals surface area contributed by atoms with E-state index in [1.165, 1.54) is 0 Å². The molecule has 2 unspecified atom stereocenters. The van der Waals surface area contributed by atoms with Crippen LogP contribution in [0.3, 0.4) is 0 Å². The van der Waals surface area contributed by atoms with Crippen molar-refractivity contribution in [2.24, 2.45) is 5.73 Å². The van der Waals surface area contributed by atoms with Gasteiger partial charge in [0.1, 0.15) is 6.61 Å². The standard InChI is InChI=1S/C6H14NO2P/c1-3-6(2,7)4-9-5(8)10/h3-4,7,10H2,1-2H3. The van der Waals surface area contributed by atoms with Crippen molar-refractivity contribution in [2.45, 2.75) is 25.8 Å². The van der Waals surface area contributed by atoms with Gasteiger partial charge < -0.3 is 10.5 Å². The number of hydrogen-bond acceptors (Lipinski definition) is 3. The number of carbonyl (C=O) groups is 1. The molecule has 4 heteroatoms. The lowest BCUT2D eigenvalue weighted by atomic mass is 10.0. The Morgan fingerprint density at radius 2 is 2.30 bits per heavy atom. The summed E-state index contributed by atoms with van der Waals surface area (Å²) in [6.45, 7) is 4.09. The molecule has 0 rings (SSSR count). The predicted molar refractivity (Wildman–Crippen MR) is 43.9 cm³/mol. The molecular formula is C6H14NO2P. The first-order chi connectivity index (χ1) is 4.48. The maximum atomic E-state index is 10.3. The fraction of sp³-hybridized carbons (Fsp3) is 0.833. The highest BCUT2D eigenvalue weighted by molar-refractivity contribution is 7.39. The van der Waals surface area contributed by atoms with Crippen LogP contribution < -0.4 is 5.73 Å². The normalized spacial score (nSPS) is 16.0. The summed E-state index contributed by atoms with van der Waals surface area (Å²) in [5, 5.41) is 0. The van der Waals surface area contributed by atoms with Crippen LogP contribution in [-0.4, -0.2) is 17.9 Å². The molecule has 0 aliphatic heterocycles. The topological polar surface area (TPSA) is 52.3 Å². The Labute approximate surface area is 63.5 Å². The maximum absolute atomic E-state index is 10.3. The molecule has 10 heavy (non-hydrogen) atoms. The van der Waals surface area contributed by atoms with Crippen LogP contribution in [0.15, 0.2) is 0 Å². The minimum absolute atomic E-state index is 0.284. The molecular weight excluding hydrogens is 149 g/mol. The summed E-state index contributed by atoms with van der Waals surface area (Å²) in [6, 6.07) is 0. The first kappa shape index (κ1) is 9.86. The van der Waals surface area contributed by atoms with Crippen LogP contribution in [0.2, 0.25) is 0 Å². The maximum Gasteiger partial charge on any atom is 0.319 e. The van der Waals surface area contributed by atoms with E-state index >= 15 is 0 Å². The minimum atomic E-state index is -0.383. The smallest absolute Gasteiger partial charge is 0.319 e. The van der Waals surface area contributed by atoms with Crippen molar-refractivity contribution in [1.29, 1.82) is 0 Å². The van der Waals surface area contributed by atoms with E-state index < -0.39 is 0 Å². The van der Waals surface area contributed by atoms with E-state index in [4.69, 9.17) is 10.5 Å². The quantitative estimate of drug-likeness (QED) is 0.634. The lowest BCUT2D eigenvalue weighted by Gasteiger charge is -2.21. The van der Waals surface area contributed by atoms with Gasteiger partial charge in [-0.05, 0) is 22.6 Å². The summed E-state index contributed by atoms with van der Waals surface area (Å²) in [5.74, 6) is 0. The molecule has 0 aromatic rings. The molecule has 0 aromatic heterocycles. The average molecular weight is 163 g/mol. The van der Waals surface area contributed by atoms with Gasteiger partial charge in [0.15, 0.2) is 0 Å². The Balaban J connectivity index is 3.56. The molecule has 60 valence electrons. The van der Waals surface area contributed by atoms with Gasteiger partial charge in [-0.25, -0.2) is 4.79 Å². The first-order valence-corrected chi connectivity index (χ1v) is 3.77. The van der Waals surface area contributed by atoms with E-state index in [9.17, 15) is 4.79 Å². The monoisotopic (exact) mass is 163 g/mol. The number of nitrogens with two attached hydrogens (primary N) is 1. The van der Waals surface area contributed by atoms with Gasteiger partial charge >= 0.3 is 5.71 Å². The fourth-order valence-corrected chi connectivity index (χ4v) is 0.421. The van der Waals surface area contributed by atoms with Crippen LogP contribution in [-0.2, 0) is 4.74 Å². The van der Waals surface area contributed by atoms with Gasteiger partial charge in [0.2, 0.25) is 0 Å². The van der Waals surface area contributed by atoms with E-state index in [-0.39, 0.29) is 17.9 Å². The van der Waals surface area contributed by atoms with Gasteiger partial charge in [-0.15, -0.1) is 0 Å². The molecule has 2 atom stereocenters. The molecule has 0 aromatic carbocycles. The van der Waals surface area contributed by atoms with Crippen molar-refractivity contribution in [1.82, 2.24) is 0 Å². The van der Waals surface area contributed by atoms with Crippen molar-refractivity contribution in [3.8, 4) is 0 Å². The Morgan fingerprint density at radius 1 is 1.80 bits per heavy atom. The molecule has 0 aliphatic rings. The average Bonchev–Trinajstić information content (AvgIpc) is 1.85. The zero-order valence-electron chi connectivity index (χ0n) is 6.39. The molecule has 3 nitrogen and oxygen atoms in total. The molecule has 2 N–H and O–H groups in total. The zero-order chi connectivity index (χ0) is 8.20. The highest BCUT2D eigenvalue weighted by Gasteiger charge is 2.16. The summed E-state index contributed by atoms with van der Waals surface area (Å²) in [5.41, 5.74) is 4.94. The second-order valence-electron chi connectivity index (χ2n) is 2.62. The van der Waals surface area contributed by atoms with E-state index in [1.807, 2.05) is 23.1 Å². The molecule has 0 fully saturated rings. The van der Waals surface area contributed by atoms with Crippen molar-refractivity contribution in [2.75, 3.05) is 6.61 Å². The van der Waals surface area contributed by atoms with Gasteiger partial charge in [-0.1, -0.05) is 6.92 Å². The highest BCUT2D eigenvalue weighted by atomic mass is 31.0. The summed E-state index contributed by atoms with van der Waals surface area (Å²) >= 11 is 0. The Hall–Kier alpha value is -0.140. The third kappa shape index (κ3) is 4.71. The highest BCUT2D eigenvalue weighted by Crippen LogP contribution is 2.06. The largest absolute Gasteiger partial charge is 0.461 e. The van der Waals surface area contributed by atoms with Gasteiger partial charge in [0.05, 0.1) is 0 Å². The van der Waals surface area contributed by atoms with Crippen LogP contribution in [0.1, 0.15) is 20.3 Å². The molecule has 0 radical (unpaired) electrons. The van der Waals surface area contributed by atoms with Gasteiger partial charge in [0, 0.05) is 5.54 Å². The summed E-state index contributed by atoms with van der Waals surface area (Å²) < 4.78 is 4.70. The van der Waals surface area contributed by atoms with Crippen molar-refractivity contribution >= 4 is 15.0 Å². The van der Waals surface area contributed by atoms with Crippen LogP contribution >= 0.6 is 9.24 Å². The number of ether oxygens (including phenoxy) is 1. The molecule has 0 bridgehead atoms. The number of carbonyl (C=O) groups excluding carboxylic acids is 1. The van der Waals surface area contributed by atoms with Crippen LogP contribution in [0.25, 0.3) is 0 Å². The van der Waals surface area contributed by atoms with E-state index in [0.29, 0.717) is 0 Å². The van der Waals surface area contributed by atoms with Gasteiger partial charge in [0.25, 0.3) is 0 Å². The lowest BCUT2D eigenvalue weighted by Crippen LogP contribution is -2.40. The Morgan fingerprint density at radius 3 is 2.60 bits per heavy atom. The lowest BCUT2D eigenvalue weighted by molar-refractivity contribution is 0.144. The Kier molecular flexibility index (Phi) is 3.84. The molecule has 0 amide bonds. The van der Waals surface area contributed by atoms with Crippen LogP contribution in [0.5, 0.6) is 0 Å². The number of hydrogen-bond donors (Lipinski definition) is 1. The summed E-state index contributed by atoms with van der Waals surface area (Å²) in [7, 11) is 1.94. The first-order valence-electron chi connectivity index (χ1n) is 3.19. The van der Waals surface area contributed by atoms with Crippen LogP contribution in [0, 0.1) is 0 Å². The molecule has 0 heterocycles. The van der Waals surface area contributed by atoms with E-state index in [2.05, 4.69) is 0 Å². The second kappa shape index (κ2) is 3.89. The number of rotatable bonds is 3. The van der Waals surface area contributed by atoms with E-state index in [1.54, 1.807) is 0 Å². The van der Waals surface area contributed by atoms with Crippen molar-refractivity contribution in [3.05, 3.63) is 0 Å². The summed E-state index contributed by atoms with van der Waals surface area (Å²) in [4.78, 5) is 10.3. The van der Waals surface area contributed by atoms with Crippen LogP contribution in [0.4, 0.5) is 4.79 Å². The SMILES string of the molecule is CCC(C)(N)COC(=O)P. The molecule has 0 aliphatic carbocycles. The van der Waals surface area contributed by atoms with Crippen molar-refractivity contribution in [3.63, 3.8) is 0 Å². The second-order valence-corrected chi connectivity index (χ2v) is 3.09. The molecule has 0 saturated carbocycles. The van der Waals surface area contributed by atoms with Gasteiger partial charge in [-0.2, -0.15) is 0 Å². The zero-order valence-corrected chi connectivity index (χ0v) is 7.54. The molecule has 0 saturated heterocycles. The Bertz CT molecular complexity index is 125. The predicted octanol–water partition coefficient (Wildman–Crippen LogP) is 1.13. The van der Waals surface area contributed by atoms with E-state index in [0.717, 1.165) is 6.42 Å². The third-order valence-corrected chi connectivity index (χ3v) is 1.52. The fourth-order valence-electron chi connectivity index (χ4n) is 0.338.